The smallest absolute Gasteiger partial charge is 0.241 e. The molecule has 1 aliphatic heterocycles. The first-order valence-electron chi connectivity index (χ1n) is 10.4. The summed E-state index contributed by atoms with van der Waals surface area (Å²) in [5.41, 5.74) is 1.94. The lowest BCUT2D eigenvalue weighted by Crippen LogP contribution is -2.53. The molecule has 0 spiro atoms. The van der Waals surface area contributed by atoms with Gasteiger partial charge in [0.05, 0.1) is 6.04 Å². The Kier molecular flexibility index (Phi) is 7.96. The van der Waals surface area contributed by atoms with Crippen LogP contribution in [-0.4, -0.2) is 75.2 Å². The molecular formula is C23H31ClN4O2. The van der Waals surface area contributed by atoms with Crippen LogP contribution in [0.5, 0.6) is 5.75 Å². The van der Waals surface area contributed by atoms with E-state index in [1.165, 1.54) is 0 Å². The number of halogens is 1. The summed E-state index contributed by atoms with van der Waals surface area (Å²) in [4.78, 5) is 19.3. The zero-order chi connectivity index (χ0) is 21.5. The van der Waals surface area contributed by atoms with Crippen LogP contribution in [0.25, 0.3) is 0 Å². The molecule has 0 radical (unpaired) electrons. The third-order valence-electron chi connectivity index (χ3n) is 5.48. The van der Waals surface area contributed by atoms with Gasteiger partial charge in [0.1, 0.15) is 12.4 Å². The number of benzene rings is 2. The summed E-state index contributed by atoms with van der Waals surface area (Å²) in [6.07, 6.45) is 0. The topological polar surface area (TPSA) is 48.1 Å². The maximum atomic E-state index is 12.7. The number of nitrogens with zero attached hydrogens (tertiary/aromatic N) is 3. The molecule has 0 aromatic heterocycles. The van der Waals surface area contributed by atoms with Crippen LogP contribution < -0.4 is 15.0 Å². The van der Waals surface area contributed by atoms with Crippen molar-refractivity contribution >= 4 is 28.9 Å². The maximum absolute atomic E-state index is 12.7. The summed E-state index contributed by atoms with van der Waals surface area (Å²) in [7, 11) is 4.00. The van der Waals surface area contributed by atoms with E-state index < -0.39 is 0 Å². The van der Waals surface area contributed by atoms with Gasteiger partial charge < -0.3 is 15.0 Å². The monoisotopic (exact) mass is 430 g/mol. The van der Waals surface area contributed by atoms with Crippen LogP contribution in [0, 0.1) is 0 Å². The second kappa shape index (κ2) is 10.7. The van der Waals surface area contributed by atoms with Crippen molar-refractivity contribution in [1.29, 1.82) is 0 Å². The van der Waals surface area contributed by atoms with Gasteiger partial charge in [-0.15, -0.1) is 0 Å². The number of anilines is 2. The molecule has 1 saturated heterocycles. The molecule has 0 unspecified atom stereocenters. The molecule has 0 saturated carbocycles. The molecule has 1 atom stereocenters. The third kappa shape index (κ3) is 6.36. The highest BCUT2D eigenvalue weighted by molar-refractivity contribution is 6.30. The van der Waals surface area contributed by atoms with Gasteiger partial charge in [0.25, 0.3) is 0 Å². The summed E-state index contributed by atoms with van der Waals surface area (Å²) in [6.45, 7) is 7.08. The summed E-state index contributed by atoms with van der Waals surface area (Å²) in [6, 6.07) is 15.2. The van der Waals surface area contributed by atoms with Gasteiger partial charge in [-0.1, -0.05) is 11.6 Å². The lowest BCUT2D eigenvalue weighted by Gasteiger charge is -2.37. The van der Waals surface area contributed by atoms with Crippen LogP contribution in [0.3, 0.4) is 0 Å². The van der Waals surface area contributed by atoms with Crippen LogP contribution in [-0.2, 0) is 4.79 Å². The summed E-state index contributed by atoms with van der Waals surface area (Å²) in [5.74, 6) is 0.870. The van der Waals surface area contributed by atoms with Gasteiger partial charge in [-0.25, -0.2) is 0 Å². The van der Waals surface area contributed by atoms with Gasteiger partial charge in [-0.05, 0) is 55.5 Å². The highest BCUT2D eigenvalue weighted by Crippen LogP contribution is 2.17. The number of rotatable bonds is 8. The van der Waals surface area contributed by atoms with E-state index in [-0.39, 0.29) is 11.9 Å². The first kappa shape index (κ1) is 22.4. The molecule has 162 valence electrons. The van der Waals surface area contributed by atoms with E-state index in [0.29, 0.717) is 11.6 Å². The van der Waals surface area contributed by atoms with E-state index in [9.17, 15) is 4.79 Å². The minimum atomic E-state index is -0.161. The fourth-order valence-corrected chi connectivity index (χ4v) is 3.58. The molecule has 1 heterocycles. The molecule has 3 rings (SSSR count). The number of ether oxygens (including phenoxy) is 1. The van der Waals surface area contributed by atoms with E-state index in [2.05, 4.69) is 15.1 Å². The van der Waals surface area contributed by atoms with Crippen LogP contribution in [0.15, 0.2) is 48.5 Å². The van der Waals surface area contributed by atoms with Crippen LogP contribution in [0.1, 0.15) is 6.92 Å². The Bertz CT molecular complexity index is 803. The van der Waals surface area contributed by atoms with Crippen molar-refractivity contribution in [1.82, 2.24) is 9.80 Å². The van der Waals surface area contributed by atoms with Crippen molar-refractivity contribution in [3.05, 3.63) is 53.6 Å². The Morgan fingerprint density at radius 1 is 1.07 bits per heavy atom. The first-order chi connectivity index (χ1) is 14.4. The zero-order valence-electron chi connectivity index (χ0n) is 18.0. The van der Waals surface area contributed by atoms with Gasteiger partial charge >= 0.3 is 0 Å². The largest absolute Gasteiger partial charge is 0.492 e. The zero-order valence-corrected chi connectivity index (χ0v) is 18.7. The lowest BCUT2D eigenvalue weighted by molar-refractivity contribution is -0.121. The third-order valence-corrected chi connectivity index (χ3v) is 5.73. The SMILES string of the molecule is C[C@H](C(=O)Nc1ccc(N(C)C)cc1)N1CCN(CCOc2ccc(Cl)cc2)CC1. The molecule has 2 aromatic rings. The summed E-state index contributed by atoms with van der Waals surface area (Å²) in [5, 5.41) is 3.74. The van der Waals surface area contributed by atoms with Gasteiger partial charge in [0, 0.05) is 63.2 Å². The fraction of sp³-hybridized carbons (Fsp3) is 0.435. The highest BCUT2D eigenvalue weighted by atomic mass is 35.5. The van der Waals surface area contributed by atoms with E-state index >= 15 is 0 Å². The number of amides is 1. The van der Waals surface area contributed by atoms with Crippen molar-refractivity contribution in [3.63, 3.8) is 0 Å². The predicted molar refractivity (Wildman–Crippen MR) is 124 cm³/mol. The molecule has 1 N–H and O–H groups in total. The Morgan fingerprint density at radius 2 is 1.70 bits per heavy atom. The Labute approximate surface area is 184 Å². The molecule has 2 aromatic carbocycles. The van der Waals surface area contributed by atoms with Gasteiger partial charge in [0.15, 0.2) is 0 Å². The molecule has 30 heavy (non-hydrogen) atoms. The van der Waals surface area contributed by atoms with Crippen molar-refractivity contribution in [2.45, 2.75) is 13.0 Å². The highest BCUT2D eigenvalue weighted by Gasteiger charge is 2.25. The quantitative estimate of drug-likeness (QED) is 0.695. The normalized spacial score (nSPS) is 16.1. The summed E-state index contributed by atoms with van der Waals surface area (Å²) >= 11 is 5.89. The predicted octanol–water partition coefficient (Wildman–Crippen LogP) is 3.43. The minimum absolute atomic E-state index is 0.0344. The number of nitrogens with one attached hydrogen (secondary N) is 1. The fourth-order valence-electron chi connectivity index (χ4n) is 3.45. The molecule has 0 bridgehead atoms. The Balaban J connectivity index is 1.39. The average molecular weight is 431 g/mol. The Morgan fingerprint density at radius 3 is 2.30 bits per heavy atom. The van der Waals surface area contributed by atoms with Crippen molar-refractivity contribution in [2.24, 2.45) is 0 Å². The number of carbonyl (C=O) groups excluding carboxylic acids is 1. The van der Waals surface area contributed by atoms with Gasteiger partial charge in [-0.3, -0.25) is 14.6 Å². The van der Waals surface area contributed by atoms with Crippen molar-refractivity contribution in [3.8, 4) is 5.75 Å². The lowest BCUT2D eigenvalue weighted by atomic mass is 10.2. The molecular weight excluding hydrogens is 400 g/mol. The number of hydrogen-bond donors (Lipinski definition) is 1. The first-order valence-corrected chi connectivity index (χ1v) is 10.7. The number of carbonyl (C=O) groups is 1. The van der Waals surface area contributed by atoms with E-state index in [1.807, 2.05) is 74.4 Å². The van der Waals surface area contributed by atoms with E-state index in [0.717, 1.165) is 49.8 Å². The molecule has 0 aliphatic carbocycles. The van der Waals surface area contributed by atoms with Gasteiger partial charge in [-0.2, -0.15) is 0 Å². The average Bonchev–Trinajstić information content (AvgIpc) is 2.75. The molecule has 1 amide bonds. The van der Waals surface area contributed by atoms with Crippen LogP contribution in [0.4, 0.5) is 11.4 Å². The second-order valence-corrected chi connectivity index (χ2v) is 8.22. The minimum Gasteiger partial charge on any atom is -0.492 e. The van der Waals surface area contributed by atoms with E-state index in [1.54, 1.807) is 0 Å². The molecule has 7 heteroatoms. The van der Waals surface area contributed by atoms with Crippen molar-refractivity contribution < 1.29 is 9.53 Å². The summed E-state index contributed by atoms with van der Waals surface area (Å²) < 4.78 is 5.78. The number of piperazine rings is 1. The van der Waals surface area contributed by atoms with Crippen LogP contribution >= 0.6 is 11.6 Å². The molecule has 6 nitrogen and oxygen atoms in total. The Hall–Kier alpha value is -2.28. The van der Waals surface area contributed by atoms with Crippen molar-refractivity contribution in [2.75, 3.05) is 63.6 Å². The van der Waals surface area contributed by atoms with Gasteiger partial charge in [0.2, 0.25) is 5.91 Å². The maximum Gasteiger partial charge on any atom is 0.241 e. The molecule has 1 aliphatic rings. The van der Waals surface area contributed by atoms with E-state index in [4.69, 9.17) is 16.3 Å². The second-order valence-electron chi connectivity index (χ2n) is 7.79. The standard InChI is InChI=1S/C23H31ClN4O2/c1-18(23(29)25-20-6-8-21(9-7-20)26(2)3)28-14-12-27(13-15-28)16-17-30-22-10-4-19(24)5-11-22/h4-11,18H,12-17H2,1-3H3,(H,25,29)/t18-/m1/s1. The van der Waals surface area contributed by atoms with Crippen LogP contribution in [0.2, 0.25) is 5.02 Å². The number of hydrogen-bond acceptors (Lipinski definition) is 5. The molecule has 1 fully saturated rings.